The van der Waals surface area contributed by atoms with Crippen LogP contribution in [0.5, 0.6) is 0 Å². The van der Waals surface area contributed by atoms with Crippen LogP contribution >= 0.6 is 0 Å². The van der Waals surface area contributed by atoms with E-state index in [0.29, 0.717) is 0 Å². The topological polar surface area (TPSA) is 63.5 Å². The highest BCUT2D eigenvalue weighted by Gasteiger charge is 2.34. The average molecular weight is 355 g/mol. The molecule has 2 N–H and O–H groups in total. The summed E-state index contributed by atoms with van der Waals surface area (Å²) in [6.07, 6.45) is 6.85. The molecule has 3 rings (SSSR count). The number of aliphatic imine (C=N–C) groups is 1. The summed E-state index contributed by atoms with van der Waals surface area (Å²) in [5.41, 5.74) is 1.48. The number of aromatic nitrogens is 2. The van der Waals surface area contributed by atoms with Crippen LogP contribution in [0.15, 0.2) is 53.8 Å². The van der Waals surface area contributed by atoms with Crippen molar-refractivity contribution in [1.82, 2.24) is 20.4 Å². The second-order valence-corrected chi connectivity index (χ2v) is 6.73. The molecule has 1 fully saturated rings. The summed E-state index contributed by atoms with van der Waals surface area (Å²) < 4.78 is 7.56. The molecule has 1 aromatic heterocycles. The molecular weight excluding hydrogens is 326 g/mol. The second-order valence-electron chi connectivity index (χ2n) is 6.73. The van der Waals surface area contributed by atoms with Crippen molar-refractivity contribution < 1.29 is 4.74 Å². The molecule has 0 bridgehead atoms. The highest BCUT2D eigenvalue weighted by molar-refractivity contribution is 5.79. The van der Waals surface area contributed by atoms with Gasteiger partial charge in [0.15, 0.2) is 5.96 Å². The van der Waals surface area contributed by atoms with Gasteiger partial charge in [0, 0.05) is 57.7 Å². The van der Waals surface area contributed by atoms with Gasteiger partial charge in [-0.2, -0.15) is 5.10 Å². The van der Waals surface area contributed by atoms with E-state index in [4.69, 9.17) is 4.74 Å². The lowest BCUT2D eigenvalue weighted by molar-refractivity contribution is 0.0514. The Hall–Kier alpha value is -2.34. The summed E-state index contributed by atoms with van der Waals surface area (Å²) in [6.45, 7) is 4.25. The predicted molar refractivity (Wildman–Crippen MR) is 104 cm³/mol. The fraction of sp³-hybridized carbons (Fsp3) is 0.500. The van der Waals surface area contributed by atoms with Crippen LogP contribution < -0.4 is 10.6 Å². The fourth-order valence-electron chi connectivity index (χ4n) is 3.48. The fourth-order valence-corrected chi connectivity index (χ4v) is 3.48. The lowest BCUT2D eigenvalue weighted by Gasteiger charge is -2.38. The molecule has 2 heterocycles. The molecule has 1 aromatic carbocycles. The monoisotopic (exact) mass is 355 g/mol. The minimum absolute atomic E-state index is 0.103. The number of benzene rings is 1. The first-order chi connectivity index (χ1) is 12.8. The zero-order chi connectivity index (χ0) is 18.1. The van der Waals surface area contributed by atoms with Crippen molar-refractivity contribution in [2.45, 2.75) is 31.2 Å². The van der Waals surface area contributed by atoms with Crippen LogP contribution in [0.3, 0.4) is 0 Å². The minimum Gasteiger partial charge on any atom is -0.381 e. The number of guanidine groups is 1. The first-order valence-electron chi connectivity index (χ1n) is 9.38. The van der Waals surface area contributed by atoms with Crippen LogP contribution in [-0.2, 0) is 16.7 Å². The lowest BCUT2D eigenvalue weighted by atomic mass is 9.74. The van der Waals surface area contributed by atoms with E-state index in [1.54, 1.807) is 0 Å². The van der Waals surface area contributed by atoms with Crippen molar-refractivity contribution in [3.8, 4) is 0 Å². The Kier molecular flexibility index (Phi) is 6.66. The van der Waals surface area contributed by atoms with Crippen molar-refractivity contribution in [1.29, 1.82) is 0 Å². The van der Waals surface area contributed by atoms with E-state index in [0.717, 1.165) is 58.1 Å². The van der Waals surface area contributed by atoms with E-state index < -0.39 is 0 Å². The first-order valence-corrected chi connectivity index (χ1v) is 9.38. The Labute approximate surface area is 155 Å². The molecule has 0 aliphatic carbocycles. The number of nitrogens with zero attached hydrogens (tertiary/aromatic N) is 3. The normalized spacial score (nSPS) is 17.0. The summed E-state index contributed by atoms with van der Waals surface area (Å²) in [5.74, 6) is 0.854. The Morgan fingerprint density at radius 3 is 2.69 bits per heavy atom. The van der Waals surface area contributed by atoms with Gasteiger partial charge in [0.25, 0.3) is 0 Å². The Balaban J connectivity index is 1.52. The molecule has 1 aliphatic rings. The van der Waals surface area contributed by atoms with E-state index >= 15 is 0 Å². The standard InChI is InChI=1S/C20H29N5O/c1-21-19(22-11-5-13-25-14-6-12-24-25)23-17-20(9-15-26-16-10-20)18-7-3-2-4-8-18/h2-4,6-8,12,14H,5,9-11,13,15-17H2,1H3,(H2,21,22,23). The average Bonchev–Trinajstić information content (AvgIpc) is 3.22. The molecule has 6 nitrogen and oxygen atoms in total. The predicted octanol–water partition coefficient (Wildman–Crippen LogP) is 2.19. The molecule has 0 spiro atoms. The van der Waals surface area contributed by atoms with Crippen LogP contribution in [-0.4, -0.2) is 49.1 Å². The third kappa shape index (κ3) is 4.85. The van der Waals surface area contributed by atoms with Crippen molar-refractivity contribution in [3.05, 3.63) is 54.4 Å². The molecule has 1 aliphatic heterocycles. The van der Waals surface area contributed by atoms with Gasteiger partial charge in [-0.15, -0.1) is 0 Å². The van der Waals surface area contributed by atoms with Gasteiger partial charge >= 0.3 is 0 Å². The highest BCUT2D eigenvalue weighted by Crippen LogP contribution is 2.34. The highest BCUT2D eigenvalue weighted by atomic mass is 16.5. The molecule has 0 amide bonds. The van der Waals surface area contributed by atoms with Gasteiger partial charge in [-0.1, -0.05) is 30.3 Å². The summed E-state index contributed by atoms with van der Waals surface area (Å²) in [4.78, 5) is 4.37. The van der Waals surface area contributed by atoms with Crippen molar-refractivity contribution >= 4 is 5.96 Å². The quantitative estimate of drug-likeness (QED) is 0.454. The van der Waals surface area contributed by atoms with Gasteiger partial charge in [0.2, 0.25) is 0 Å². The van der Waals surface area contributed by atoms with Crippen LogP contribution in [0.4, 0.5) is 0 Å². The van der Waals surface area contributed by atoms with Gasteiger partial charge in [-0.05, 0) is 30.9 Å². The van der Waals surface area contributed by atoms with E-state index in [1.807, 2.05) is 30.2 Å². The zero-order valence-corrected chi connectivity index (χ0v) is 15.5. The molecule has 0 radical (unpaired) electrons. The molecule has 6 heteroatoms. The molecule has 26 heavy (non-hydrogen) atoms. The molecule has 0 unspecified atom stereocenters. The number of ether oxygens (including phenoxy) is 1. The maximum Gasteiger partial charge on any atom is 0.191 e. The summed E-state index contributed by atoms with van der Waals surface area (Å²) in [7, 11) is 1.82. The van der Waals surface area contributed by atoms with Gasteiger partial charge in [0.1, 0.15) is 0 Å². The Morgan fingerprint density at radius 1 is 1.19 bits per heavy atom. The largest absolute Gasteiger partial charge is 0.381 e. The first kappa shape index (κ1) is 18.5. The van der Waals surface area contributed by atoms with E-state index in [-0.39, 0.29) is 5.41 Å². The Morgan fingerprint density at radius 2 is 2.00 bits per heavy atom. The number of nitrogens with one attached hydrogen (secondary N) is 2. The number of aryl methyl sites for hydroxylation is 1. The number of hydrogen-bond acceptors (Lipinski definition) is 3. The Bertz CT molecular complexity index is 663. The summed E-state index contributed by atoms with van der Waals surface area (Å²) in [6, 6.07) is 12.7. The molecule has 140 valence electrons. The van der Waals surface area contributed by atoms with Gasteiger partial charge in [0.05, 0.1) is 0 Å². The second kappa shape index (κ2) is 9.38. The maximum absolute atomic E-state index is 5.61. The van der Waals surface area contributed by atoms with Crippen LogP contribution in [0, 0.1) is 0 Å². The molecule has 0 atom stereocenters. The minimum atomic E-state index is 0.103. The third-order valence-corrected chi connectivity index (χ3v) is 5.07. The van der Waals surface area contributed by atoms with Crippen molar-refractivity contribution in [2.24, 2.45) is 4.99 Å². The summed E-state index contributed by atoms with van der Waals surface area (Å²) in [5, 5.41) is 11.2. The van der Waals surface area contributed by atoms with Crippen LogP contribution in [0.2, 0.25) is 0 Å². The van der Waals surface area contributed by atoms with E-state index in [1.165, 1.54) is 5.56 Å². The van der Waals surface area contributed by atoms with Crippen LogP contribution in [0.1, 0.15) is 24.8 Å². The zero-order valence-electron chi connectivity index (χ0n) is 15.5. The number of rotatable bonds is 7. The van der Waals surface area contributed by atoms with Crippen LogP contribution in [0.25, 0.3) is 0 Å². The lowest BCUT2D eigenvalue weighted by Crippen LogP contribution is -2.48. The van der Waals surface area contributed by atoms with E-state index in [2.05, 4.69) is 51.1 Å². The van der Waals surface area contributed by atoms with E-state index in [9.17, 15) is 0 Å². The molecule has 2 aromatic rings. The smallest absolute Gasteiger partial charge is 0.191 e. The number of hydrogen-bond donors (Lipinski definition) is 2. The SMILES string of the molecule is CN=C(NCCCn1cccn1)NCC1(c2ccccc2)CCOCC1. The molecular formula is C20H29N5O. The molecule has 0 saturated carbocycles. The maximum atomic E-state index is 5.61. The van der Waals surface area contributed by atoms with Crippen molar-refractivity contribution in [2.75, 3.05) is 33.4 Å². The van der Waals surface area contributed by atoms with Gasteiger partial charge < -0.3 is 15.4 Å². The third-order valence-electron chi connectivity index (χ3n) is 5.07. The van der Waals surface area contributed by atoms with Crippen molar-refractivity contribution in [3.63, 3.8) is 0 Å². The van der Waals surface area contributed by atoms with Gasteiger partial charge in [-0.25, -0.2) is 0 Å². The van der Waals surface area contributed by atoms with Gasteiger partial charge in [-0.3, -0.25) is 9.67 Å². The molecule has 1 saturated heterocycles. The summed E-state index contributed by atoms with van der Waals surface area (Å²) >= 11 is 0.